The Labute approximate surface area is 75.3 Å². The molecule has 0 fully saturated rings. The van der Waals surface area contributed by atoms with E-state index >= 15 is 0 Å². The number of hydrogen-bond donors (Lipinski definition) is 0. The molecule has 1 aliphatic carbocycles. The van der Waals surface area contributed by atoms with Gasteiger partial charge in [0.05, 0.1) is 6.57 Å². The Morgan fingerprint density at radius 2 is 1.75 bits per heavy atom. The molecule has 12 heavy (non-hydrogen) atoms. The zero-order valence-corrected chi connectivity index (χ0v) is 8.28. The Balaban J connectivity index is 2.98. The van der Waals surface area contributed by atoms with Crippen molar-refractivity contribution in [1.29, 1.82) is 0 Å². The number of allylic oxidation sites excluding steroid dienone is 2. The van der Waals surface area contributed by atoms with Crippen LogP contribution in [0.5, 0.6) is 0 Å². The van der Waals surface area contributed by atoms with E-state index in [1.165, 1.54) is 18.4 Å². The summed E-state index contributed by atoms with van der Waals surface area (Å²) in [7, 11) is 0. The van der Waals surface area contributed by atoms with Crippen LogP contribution in [-0.2, 0) is 0 Å². The Hall–Kier alpha value is -0.770. The maximum absolute atomic E-state index is 7.07. The molecule has 0 N–H and O–H groups in total. The normalized spacial score (nSPS) is 19.2. The van der Waals surface area contributed by atoms with Crippen molar-refractivity contribution in [2.75, 3.05) is 0 Å². The SMILES string of the molecule is [C-]#[N+]C1=C(C(C)(C)C)CCCC1. The van der Waals surface area contributed by atoms with Crippen LogP contribution in [0.15, 0.2) is 11.3 Å². The fraction of sp³-hybridized carbons (Fsp3) is 0.727. The molecule has 0 heterocycles. The van der Waals surface area contributed by atoms with Gasteiger partial charge in [0.2, 0.25) is 0 Å². The van der Waals surface area contributed by atoms with Crippen molar-refractivity contribution in [3.8, 4) is 0 Å². The largest absolute Gasteiger partial charge is 0.243 e. The predicted octanol–water partition coefficient (Wildman–Crippen LogP) is 3.78. The molecule has 0 aromatic rings. The minimum absolute atomic E-state index is 0.209. The Morgan fingerprint density at radius 3 is 2.17 bits per heavy atom. The lowest BCUT2D eigenvalue weighted by molar-refractivity contribution is 0.453. The van der Waals surface area contributed by atoms with Gasteiger partial charge in [-0.3, -0.25) is 0 Å². The highest BCUT2D eigenvalue weighted by atomic mass is 14.7. The summed E-state index contributed by atoms with van der Waals surface area (Å²) in [4.78, 5) is 3.63. The van der Waals surface area contributed by atoms with Gasteiger partial charge in [0.25, 0.3) is 0 Å². The van der Waals surface area contributed by atoms with Crippen molar-refractivity contribution < 1.29 is 0 Å². The van der Waals surface area contributed by atoms with Crippen LogP contribution in [0.4, 0.5) is 0 Å². The molecule has 66 valence electrons. The van der Waals surface area contributed by atoms with E-state index in [0.29, 0.717) is 0 Å². The molecule has 1 aliphatic rings. The van der Waals surface area contributed by atoms with Crippen LogP contribution in [0.1, 0.15) is 46.5 Å². The molecule has 0 aromatic heterocycles. The molecular formula is C11H17N. The summed E-state index contributed by atoms with van der Waals surface area (Å²) in [5.74, 6) is 0. The lowest BCUT2D eigenvalue weighted by Crippen LogP contribution is -2.14. The molecule has 0 aromatic carbocycles. The first-order valence-electron chi connectivity index (χ1n) is 4.65. The molecule has 1 nitrogen and oxygen atoms in total. The first-order valence-corrected chi connectivity index (χ1v) is 4.65. The highest BCUT2D eigenvalue weighted by Crippen LogP contribution is 2.37. The van der Waals surface area contributed by atoms with E-state index in [2.05, 4.69) is 25.6 Å². The molecule has 0 amide bonds. The summed E-state index contributed by atoms with van der Waals surface area (Å²) >= 11 is 0. The molecule has 0 unspecified atom stereocenters. The van der Waals surface area contributed by atoms with Crippen LogP contribution >= 0.6 is 0 Å². The molecule has 0 atom stereocenters. The van der Waals surface area contributed by atoms with Crippen molar-refractivity contribution in [3.05, 3.63) is 22.7 Å². The van der Waals surface area contributed by atoms with E-state index in [0.717, 1.165) is 18.5 Å². The lowest BCUT2D eigenvalue weighted by atomic mass is 9.79. The lowest BCUT2D eigenvalue weighted by Gasteiger charge is -2.28. The maximum Gasteiger partial charge on any atom is 0.165 e. The Kier molecular flexibility index (Phi) is 2.57. The van der Waals surface area contributed by atoms with Gasteiger partial charge in [-0.15, -0.1) is 0 Å². The third-order valence-electron chi connectivity index (χ3n) is 2.48. The summed E-state index contributed by atoms with van der Waals surface area (Å²) in [6.45, 7) is 13.7. The molecule has 0 saturated heterocycles. The van der Waals surface area contributed by atoms with Crippen LogP contribution in [0, 0.1) is 12.0 Å². The average Bonchev–Trinajstić information content (AvgIpc) is 2.03. The van der Waals surface area contributed by atoms with Gasteiger partial charge in [0.15, 0.2) is 5.70 Å². The second-order valence-corrected chi connectivity index (χ2v) is 4.49. The number of rotatable bonds is 0. The molecule has 0 saturated carbocycles. The van der Waals surface area contributed by atoms with Gasteiger partial charge in [-0.25, -0.2) is 4.85 Å². The number of hydrogen-bond acceptors (Lipinski definition) is 0. The van der Waals surface area contributed by atoms with E-state index in [4.69, 9.17) is 6.57 Å². The summed E-state index contributed by atoms with van der Waals surface area (Å²) in [5, 5.41) is 0. The van der Waals surface area contributed by atoms with E-state index in [1.54, 1.807) is 0 Å². The summed E-state index contributed by atoms with van der Waals surface area (Å²) in [6, 6.07) is 0. The fourth-order valence-electron chi connectivity index (χ4n) is 1.82. The predicted molar refractivity (Wildman–Crippen MR) is 51.6 cm³/mol. The van der Waals surface area contributed by atoms with E-state index in [9.17, 15) is 0 Å². The van der Waals surface area contributed by atoms with Gasteiger partial charge in [0, 0.05) is 0 Å². The van der Waals surface area contributed by atoms with Crippen molar-refractivity contribution in [2.45, 2.75) is 46.5 Å². The molecule has 1 heteroatoms. The van der Waals surface area contributed by atoms with Crippen LogP contribution in [-0.4, -0.2) is 0 Å². The zero-order chi connectivity index (χ0) is 9.19. The van der Waals surface area contributed by atoms with Gasteiger partial charge < -0.3 is 0 Å². The maximum atomic E-state index is 7.07. The van der Waals surface area contributed by atoms with Crippen LogP contribution in [0.25, 0.3) is 4.85 Å². The Morgan fingerprint density at radius 1 is 1.17 bits per heavy atom. The average molecular weight is 163 g/mol. The first kappa shape index (κ1) is 9.32. The minimum Gasteiger partial charge on any atom is -0.243 e. The van der Waals surface area contributed by atoms with Gasteiger partial charge in [-0.1, -0.05) is 39.2 Å². The summed E-state index contributed by atoms with van der Waals surface area (Å²) in [6.07, 6.45) is 4.63. The van der Waals surface area contributed by atoms with E-state index in [1.807, 2.05) is 0 Å². The third-order valence-corrected chi connectivity index (χ3v) is 2.48. The van der Waals surface area contributed by atoms with Crippen LogP contribution in [0.3, 0.4) is 0 Å². The third kappa shape index (κ3) is 1.88. The molecule has 0 bridgehead atoms. The van der Waals surface area contributed by atoms with E-state index < -0.39 is 0 Å². The summed E-state index contributed by atoms with van der Waals surface area (Å²) < 4.78 is 0. The highest BCUT2D eigenvalue weighted by Gasteiger charge is 2.23. The minimum atomic E-state index is 0.209. The molecule has 0 radical (unpaired) electrons. The molecule has 0 aliphatic heterocycles. The van der Waals surface area contributed by atoms with Gasteiger partial charge >= 0.3 is 0 Å². The standard InChI is InChI=1S/C11H17N/c1-11(2,3)9-7-5-6-8-10(9)12-4/h5-8H2,1-3H3. The van der Waals surface area contributed by atoms with Crippen molar-refractivity contribution in [2.24, 2.45) is 5.41 Å². The second kappa shape index (κ2) is 3.31. The number of nitrogens with zero attached hydrogens (tertiary/aromatic N) is 1. The molecule has 0 spiro atoms. The smallest absolute Gasteiger partial charge is 0.165 e. The van der Waals surface area contributed by atoms with Crippen LogP contribution in [0.2, 0.25) is 0 Å². The van der Waals surface area contributed by atoms with Crippen molar-refractivity contribution >= 4 is 0 Å². The topological polar surface area (TPSA) is 4.36 Å². The zero-order valence-electron chi connectivity index (χ0n) is 8.28. The molecule has 1 rings (SSSR count). The molecular weight excluding hydrogens is 146 g/mol. The monoisotopic (exact) mass is 163 g/mol. The first-order chi connectivity index (χ1) is 5.55. The van der Waals surface area contributed by atoms with Crippen LogP contribution < -0.4 is 0 Å². The Bertz CT molecular complexity index is 235. The van der Waals surface area contributed by atoms with Gasteiger partial charge in [-0.2, -0.15) is 0 Å². The van der Waals surface area contributed by atoms with E-state index in [-0.39, 0.29) is 5.41 Å². The summed E-state index contributed by atoms with van der Waals surface area (Å²) in [5.41, 5.74) is 2.64. The van der Waals surface area contributed by atoms with Crippen molar-refractivity contribution in [1.82, 2.24) is 0 Å². The van der Waals surface area contributed by atoms with Crippen molar-refractivity contribution in [3.63, 3.8) is 0 Å². The van der Waals surface area contributed by atoms with Gasteiger partial charge in [-0.05, 0) is 18.3 Å². The fourth-order valence-corrected chi connectivity index (χ4v) is 1.82. The highest BCUT2D eigenvalue weighted by molar-refractivity contribution is 5.26. The second-order valence-electron chi connectivity index (χ2n) is 4.49. The quantitative estimate of drug-likeness (QED) is 0.479. The van der Waals surface area contributed by atoms with Gasteiger partial charge in [0.1, 0.15) is 0 Å².